The summed E-state index contributed by atoms with van der Waals surface area (Å²) in [6.07, 6.45) is 1.05. The van der Waals surface area contributed by atoms with Crippen LogP contribution < -0.4 is 0 Å². The number of aliphatic hydroxyl groups is 1. The number of aliphatic hydroxyl groups excluding tert-OH is 1. The van der Waals surface area contributed by atoms with Gasteiger partial charge in [-0.05, 0) is 12.8 Å². The number of carbonyl (C=O) groups excluding carboxylic acids is 2. The molecule has 2 fully saturated rings. The predicted octanol–water partition coefficient (Wildman–Crippen LogP) is -0.425. The minimum atomic E-state index is -0.607. The number of halogens is 1. The number of β-amino-alcohol motifs (C(OH)–C–C–N with tert-alkyl or cyclic N) is 1. The zero-order valence-electron chi connectivity index (χ0n) is 8.93. The number of rotatable bonds is 3. The number of fused-ring (bicyclic) bond motifs is 1. The third-order valence-electron chi connectivity index (χ3n) is 3.11. The van der Waals surface area contributed by atoms with Gasteiger partial charge in [0.2, 0.25) is 11.8 Å². The van der Waals surface area contributed by atoms with Crippen LogP contribution in [-0.2, 0) is 9.59 Å². The van der Waals surface area contributed by atoms with E-state index in [1.807, 2.05) is 0 Å². The van der Waals surface area contributed by atoms with E-state index in [0.717, 1.165) is 12.8 Å². The summed E-state index contributed by atoms with van der Waals surface area (Å²) in [5, 5.41) is 9.91. The van der Waals surface area contributed by atoms with E-state index in [9.17, 15) is 14.7 Å². The first-order valence-corrected chi connectivity index (χ1v) is 6.58. The molecule has 0 aromatic rings. The second kappa shape index (κ2) is 4.71. The molecular weight excluding hydrogens is 276 g/mol. The SMILES string of the molecule is O=C1C2CCCN2C(=O)CN1CC(O)CBr. The monoisotopic (exact) mass is 290 g/mol. The molecule has 2 aliphatic rings. The van der Waals surface area contributed by atoms with Crippen molar-refractivity contribution in [2.45, 2.75) is 25.0 Å². The van der Waals surface area contributed by atoms with Gasteiger partial charge in [0.05, 0.1) is 12.6 Å². The van der Waals surface area contributed by atoms with Crippen LogP contribution in [0.15, 0.2) is 0 Å². The Balaban J connectivity index is 2.05. The number of piperazine rings is 1. The molecule has 0 saturated carbocycles. The van der Waals surface area contributed by atoms with Gasteiger partial charge in [0.25, 0.3) is 0 Å². The van der Waals surface area contributed by atoms with Crippen LogP contribution in [0.4, 0.5) is 0 Å². The number of nitrogens with zero attached hydrogens (tertiary/aromatic N) is 2. The average molecular weight is 291 g/mol. The molecule has 2 saturated heterocycles. The van der Waals surface area contributed by atoms with Crippen molar-refractivity contribution >= 4 is 27.7 Å². The summed E-state index contributed by atoms with van der Waals surface area (Å²) in [6, 6.07) is -0.274. The smallest absolute Gasteiger partial charge is 0.245 e. The van der Waals surface area contributed by atoms with E-state index in [-0.39, 0.29) is 30.9 Å². The van der Waals surface area contributed by atoms with Crippen LogP contribution in [0.3, 0.4) is 0 Å². The van der Waals surface area contributed by atoms with Crippen molar-refractivity contribution in [3.05, 3.63) is 0 Å². The second-order valence-electron chi connectivity index (χ2n) is 4.27. The lowest BCUT2D eigenvalue weighted by molar-refractivity contribution is -0.154. The number of alkyl halides is 1. The van der Waals surface area contributed by atoms with Gasteiger partial charge in [-0.2, -0.15) is 0 Å². The lowest BCUT2D eigenvalue weighted by Crippen LogP contribution is -2.58. The molecular formula is C10H15BrN2O3. The fourth-order valence-corrected chi connectivity index (χ4v) is 2.53. The minimum absolute atomic E-state index is 0.00359. The summed E-state index contributed by atoms with van der Waals surface area (Å²) in [5.41, 5.74) is 0. The van der Waals surface area contributed by atoms with Gasteiger partial charge in [-0.1, -0.05) is 15.9 Å². The molecule has 2 rings (SSSR count). The highest BCUT2D eigenvalue weighted by molar-refractivity contribution is 9.09. The van der Waals surface area contributed by atoms with Crippen molar-refractivity contribution in [3.8, 4) is 0 Å². The molecule has 2 atom stereocenters. The Hall–Kier alpha value is -0.620. The van der Waals surface area contributed by atoms with Crippen LogP contribution >= 0.6 is 15.9 Å². The summed E-state index contributed by atoms with van der Waals surface area (Å²) in [6.45, 7) is 1.05. The normalized spacial score (nSPS) is 27.2. The molecule has 0 radical (unpaired) electrons. The van der Waals surface area contributed by atoms with Crippen molar-refractivity contribution in [1.29, 1.82) is 0 Å². The maximum Gasteiger partial charge on any atom is 0.245 e. The molecule has 1 N–H and O–H groups in total. The maximum absolute atomic E-state index is 12.0. The third kappa shape index (κ3) is 2.08. The number of amides is 2. The Bertz CT molecular complexity index is 310. The molecule has 0 aromatic heterocycles. The van der Waals surface area contributed by atoms with E-state index in [2.05, 4.69) is 15.9 Å². The largest absolute Gasteiger partial charge is 0.390 e. The molecule has 5 nitrogen and oxygen atoms in total. The zero-order valence-corrected chi connectivity index (χ0v) is 10.5. The Kier molecular flexibility index (Phi) is 3.49. The Labute approximate surface area is 103 Å². The van der Waals surface area contributed by atoms with E-state index < -0.39 is 6.10 Å². The van der Waals surface area contributed by atoms with Crippen molar-refractivity contribution < 1.29 is 14.7 Å². The van der Waals surface area contributed by atoms with E-state index in [1.165, 1.54) is 4.90 Å². The van der Waals surface area contributed by atoms with Crippen LogP contribution in [-0.4, -0.2) is 63.8 Å². The van der Waals surface area contributed by atoms with Gasteiger partial charge in [0.15, 0.2) is 0 Å². The molecule has 16 heavy (non-hydrogen) atoms. The molecule has 2 amide bonds. The Morgan fingerprint density at radius 2 is 2.25 bits per heavy atom. The zero-order chi connectivity index (χ0) is 11.7. The molecule has 0 spiro atoms. The lowest BCUT2D eigenvalue weighted by atomic mass is 10.1. The van der Waals surface area contributed by atoms with Gasteiger partial charge in [0.1, 0.15) is 6.04 Å². The average Bonchev–Trinajstić information content (AvgIpc) is 2.74. The standard InChI is InChI=1S/C10H15BrN2O3/c11-4-7(14)5-12-6-9(15)13-3-1-2-8(13)10(12)16/h7-8,14H,1-6H2. The van der Waals surface area contributed by atoms with Crippen molar-refractivity contribution in [2.75, 3.05) is 25.0 Å². The van der Waals surface area contributed by atoms with Gasteiger partial charge in [-0.15, -0.1) is 0 Å². The predicted molar refractivity (Wildman–Crippen MR) is 61.1 cm³/mol. The molecule has 0 bridgehead atoms. The van der Waals surface area contributed by atoms with E-state index in [1.54, 1.807) is 4.90 Å². The molecule has 2 heterocycles. The van der Waals surface area contributed by atoms with Crippen LogP contribution in [0.2, 0.25) is 0 Å². The molecule has 2 aliphatic heterocycles. The van der Waals surface area contributed by atoms with Crippen LogP contribution in [0.5, 0.6) is 0 Å². The van der Waals surface area contributed by atoms with Gasteiger partial charge < -0.3 is 14.9 Å². The highest BCUT2D eigenvalue weighted by Crippen LogP contribution is 2.23. The van der Waals surface area contributed by atoms with Crippen molar-refractivity contribution in [1.82, 2.24) is 9.80 Å². The maximum atomic E-state index is 12.0. The number of hydrogen-bond acceptors (Lipinski definition) is 3. The van der Waals surface area contributed by atoms with Crippen molar-refractivity contribution in [2.24, 2.45) is 0 Å². The quantitative estimate of drug-likeness (QED) is 0.718. The minimum Gasteiger partial charge on any atom is -0.390 e. The van der Waals surface area contributed by atoms with Crippen LogP contribution in [0, 0.1) is 0 Å². The first kappa shape index (κ1) is 11.9. The Morgan fingerprint density at radius 1 is 1.50 bits per heavy atom. The van der Waals surface area contributed by atoms with E-state index in [4.69, 9.17) is 0 Å². The summed E-state index contributed by atoms with van der Waals surface area (Å²) < 4.78 is 0. The summed E-state index contributed by atoms with van der Waals surface area (Å²) >= 11 is 3.15. The van der Waals surface area contributed by atoms with Gasteiger partial charge in [0, 0.05) is 18.4 Å². The molecule has 0 aromatic carbocycles. The third-order valence-corrected chi connectivity index (χ3v) is 3.85. The topological polar surface area (TPSA) is 60.9 Å². The first-order valence-electron chi connectivity index (χ1n) is 5.45. The fourth-order valence-electron chi connectivity index (χ4n) is 2.32. The molecule has 6 heteroatoms. The van der Waals surface area contributed by atoms with E-state index >= 15 is 0 Å². The van der Waals surface area contributed by atoms with Gasteiger partial charge >= 0.3 is 0 Å². The van der Waals surface area contributed by atoms with Crippen molar-refractivity contribution in [3.63, 3.8) is 0 Å². The van der Waals surface area contributed by atoms with Crippen LogP contribution in [0.1, 0.15) is 12.8 Å². The number of hydrogen-bond donors (Lipinski definition) is 1. The summed E-state index contributed by atoms with van der Waals surface area (Å²) in [7, 11) is 0. The highest BCUT2D eigenvalue weighted by Gasteiger charge is 2.42. The van der Waals surface area contributed by atoms with Gasteiger partial charge in [-0.25, -0.2) is 0 Å². The molecule has 90 valence electrons. The molecule has 0 aliphatic carbocycles. The van der Waals surface area contributed by atoms with Crippen LogP contribution in [0.25, 0.3) is 0 Å². The van der Waals surface area contributed by atoms with Gasteiger partial charge in [-0.3, -0.25) is 9.59 Å². The second-order valence-corrected chi connectivity index (χ2v) is 4.92. The summed E-state index contributed by atoms with van der Waals surface area (Å²) in [4.78, 5) is 26.9. The molecule has 2 unspecified atom stereocenters. The first-order chi connectivity index (χ1) is 7.63. The number of carbonyl (C=O) groups is 2. The summed E-state index contributed by atoms with van der Waals surface area (Å²) in [5.74, 6) is -0.0130. The Morgan fingerprint density at radius 3 is 2.94 bits per heavy atom. The fraction of sp³-hybridized carbons (Fsp3) is 0.800. The highest BCUT2D eigenvalue weighted by atomic mass is 79.9. The van der Waals surface area contributed by atoms with E-state index in [0.29, 0.717) is 11.9 Å². The lowest BCUT2D eigenvalue weighted by Gasteiger charge is -2.37.